The first-order valence-corrected chi connectivity index (χ1v) is 12.8. The molecule has 1 atom stereocenters. The molecule has 7 nitrogen and oxygen atoms in total. The average Bonchev–Trinajstić information content (AvgIpc) is 3.11. The number of benzene rings is 1. The van der Waals surface area contributed by atoms with E-state index in [1.165, 1.54) is 4.57 Å². The standard InChI is InChI=1S/C29H35F2N3O4/c1-16(2)24-21-14-19(22-10-11-33(15-29(22,30)31)27(37)38-28(5,6)7)8-9-23(21)34(26(35)36)25(24)20-12-17(3)32-18(4)13-20/h8-9,12-14,16,22H,10-11,15H2,1-7H3,(H,35,36). The van der Waals surface area contributed by atoms with Crippen LogP contribution in [0.2, 0.25) is 0 Å². The first-order chi connectivity index (χ1) is 17.6. The topological polar surface area (TPSA) is 84.7 Å². The fraction of sp³-hybridized carbons (Fsp3) is 0.483. The Hall–Kier alpha value is -3.49. The summed E-state index contributed by atoms with van der Waals surface area (Å²) in [6, 6.07) is 8.59. The Bertz CT molecular complexity index is 1380. The van der Waals surface area contributed by atoms with Crippen molar-refractivity contribution in [1.82, 2.24) is 14.5 Å². The summed E-state index contributed by atoms with van der Waals surface area (Å²) in [6.07, 6.45) is -1.84. The fourth-order valence-corrected chi connectivity index (χ4v) is 5.42. The number of amides is 1. The van der Waals surface area contributed by atoms with Crippen LogP contribution in [-0.4, -0.2) is 56.4 Å². The summed E-state index contributed by atoms with van der Waals surface area (Å²) in [5.41, 5.74) is 3.63. The van der Waals surface area contributed by atoms with Crippen LogP contribution in [0.4, 0.5) is 18.4 Å². The second-order valence-corrected chi connectivity index (χ2v) is 11.5. The third kappa shape index (κ3) is 5.24. The van der Waals surface area contributed by atoms with Crippen LogP contribution in [-0.2, 0) is 4.74 Å². The Kier molecular flexibility index (Phi) is 7.01. The highest BCUT2D eigenvalue weighted by Gasteiger charge is 2.47. The molecule has 1 aliphatic heterocycles. The Morgan fingerprint density at radius 2 is 1.76 bits per heavy atom. The third-order valence-corrected chi connectivity index (χ3v) is 6.81. The summed E-state index contributed by atoms with van der Waals surface area (Å²) in [5.74, 6) is -4.38. The largest absolute Gasteiger partial charge is 0.464 e. The number of carbonyl (C=O) groups excluding carboxylic acids is 1. The molecule has 9 heteroatoms. The maximum Gasteiger partial charge on any atom is 0.416 e. The molecule has 0 aliphatic carbocycles. The molecule has 1 amide bonds. The predicted molar refractivity (Wildman–Crippen MR) is 142 cm³/mol. The third-order valence-electron chi connectivity index (χ3n) is 6.81. The number of carbonyl (C=O) groups is 2. The van der Waals surface area contributed by atoms with E-state index in [0.717, 1.165) is 27.4 Å². The first-order valence-electron chi connectivity index (χ1n) is 12.8. The molecule has 3 aromatic rings. The van der Waals surface area contributed by atoms with Gasteiger partial charge in [0, 0.05) is 28.9 Å². The Labute approximate surface area is 221 Å². The van der Waals surface area contributed by atoms with Gasteiger partial charge in [-0.25, -0.2) is 22.9 Å². The van der Waals surface area contributed by atoms with E-state index in [-0.39, 0.29) is 18.9 Å². The van der Waals surface area contributed by atoms with E-state index in [2.05, 4.69) is 4.98 Å². The first kappa shape index (κ1) is 27.5. The highest BCUT2D eigenvalue weighted by atomic mass is 19.3. The molecule has 1 aliphatic rings. The van der Waals surface area contributed by atoms with Crippen molar-refractivity contribution in [2.24, 2.45) is 0 Å². The van der Waals surface area contributed by atoms with Gasteiger partial charge in [0.25, 0.3) is 5.92 Å². The maximum absolute atomic E-state index is 15.5. The highest BCUT2D eigenvalue weighted by Crippen LogP contribution is 2.44. The van der Waals surface area contributed by atoms with Crippen LogP contribution < -0.4 is 0 Å². The predicted octanol–water partition coefficient (Wildman–Crippen LogP) is 7.33. The van der Waals surface area contributed by atoms with E-state index < -0.39 is 36.2 Å². The van der Waals surface area contributed by atoms with Crippen molar-refractivity contribution in [1.29, 1.82) is 0 Å². The molecule has 1 unspecified atom stereocenters. The van der Waals surface area contributed by atoms with Crippen LogP contribution in [0.1, 0.15) is 75.4 Å². The zero-order chi connectivity index (χ0) is 28.2. The summed E-state index contributed by atoms with van der Waals surface area (Å²) in [6.45, 7) is 12.1. The number of ether oxygens (including phenoxy) is 1. The van der Waals surface area contributed by atoms with E-state index in [4.69, 9.17) is 4.74 Å². The number of rotatable bonds is 3. The van der Waals surface area contributed by atoms with E-state index in [0.29, 0.717) is 22.2 Å². The van der Waals surface area contributed by atoms with Crippen molar-refractivity contribution < 1.29 is 28.2 Å². The molecule has 1 aromatic carbocycles. The second-order valence-electron chi connectivity index (χ2n) is 11.5. The number of fused-ring (bicyclic) bond motifs is 1. The summed E-state index contributed by atoms with van der Waals surface area (Å²) in [5, 5.41) is 10.8. The zero-order valence-electron chi connectivity index (χ0n) is 22.9. The molecule has 2 aromatic heterocycles. The number of alkyl halides is 2. The quantitative estimate of drug-likeness (QED) is 0.386. The Balaban J connectivity index is 1.81. The number of halogens is 2. The van der Waals surface area contributed by atoms with Gasteiger partial charge < -0.3 is 14.7 Å². The molecule has 0 spiro atoms. The van der Waals surface area contributed by atoms with Crippen LogP contribution in [0.3, 0.4) is 0 Å². The Morgan fingerprint density at radius 3 is 2.29 bits per heavy atom. The molecule has 204 valence electrons. The summed E-state index contributed by atoms with van der Waals surface area (Å²) in [4.78, 5) is 30.4. The van der Waals surface area contributed by atoms with Crippen LogP contribution in [0, 0.1) is 13.8 Å². The lowest BCUT2D eigenvalue weighted by atomic mass is 9.85. The van der Waals surface area contributed by atoms with E-state index in [1.54, 1.807) is 39.0 Å². The number of pyridine rings is 1. The summed E-state index contributed by atoms with van der Waals surface area (Å²) < 4.78 is 37.5. The van der Waals surface area contributed by atoms with Crippen LogP contribution in [0.25, 0.3) is 22.2 Å². The highest BCUT2D eigenvalue weighted by molar-refractivity contribution is 6.00. The number of aromatic nitrogens is 2. The fourth-order valence-electron chi connectivity index (χ4n) is 5.42. The van der Waals surface area contributed by atoms with Crippen molar-refractivity contribution in [2.75, 3.05) is 13.1 Å². The number of hydrogen-bond acceptors (Lipinski definition) is 4. The van der Waals surface area contributed by atoms with Gasteiger partial charge in [-0.1, -0.05) is 19.9 Å². The van der Waals surface area contributed by atoms with E-state index >= 15 is 8.78 Å². The number of likely N-dealkylation sites (tertiary alicyclic amines) is 1. The van der Waals surface area contributed by atoms with Crippen LogP contribution in [0.5, 0.6) is 0 Å². The van der Waals surface area contributed by atoms with Crippen molar-refractivity contribution in [3.63, 3.8) is 0 Å². The lowest BCUT2D eigenvalue weighted by molar-refractivity contribution is -0.0848. The lowest BCUT2D eigenvalue weighted by Crippen LogP contribution is -2.50. The van der Waals surface area contributed by atoms with Crippen LogP contribution >= 0.6 is 0 Å². The van der Waals surface area contributed by atoms with E-state index in [9.17, 15) is 14.7 Å². The molecular weight excluding hydrogens is 492 g/mol. The normalized spacial score (nSPS) is 17.7. The molecule has 0 bridgehead atoms. The average molecular weight is 528 g/mol. The van der Waals surface area contributed by atoms with Gasteiger partial charge in [0.15, 0.2) is 0 Å². The number of aryl methyl sites for hydroxylation is 2. The van der Waals surface area contributed by atoms with Gasteiger partial charge in [-0.2, -0.15) is 0 Å². The van der Waals surface area contributed by atoms with Crippen LogP contribution in [0.15, 0.2) is 30.3 Å². The zero-order valence-corrected chi connectivity index (χ0v) is 22.9. The van der Waals surface area contributed by atoms with Crippen molar-refractivity contribution in [3.8, 4) is 11.3 Å². The minimum Gasteiger partial charge on any atom is -0.464 e. The number of hydrogen-bond donors (Lipinski definition) is 1. The van der Waals surface area contributed by atoms with Gasteiger partial charge in [-0.15, -0.1) is 0 Å². The minimum absolute atomic E-state index is 0.0595. The number of nitrogens with zero attached hydrogens (tertiary/aromatic N) is 3. The molecule has 38 heavy (non-hydrogen) atoms. The molecule has 4 rings (SSSR count). The second kappa shape index (κ2) is 9.67. The number of carboxylic acid groups (broad SMARTS) is 1. The smallest absolute Gasteiger partial charge is 0.416 e. The Morgan fingerprint density at radius 1 is 1.13 bits per heavy atom. The van der Waals surface area contributed by atoms with Crippen molar-refractivity contribution in [3.05, 3.63) is 52.8 Å². The van der Waals surface area contributed by atoms with Gasteiger partial charge in [0.2, 0.25) is 0 Å². The molecule has 1 N–H and O–H groups in total. The van der Waals surface area contributed by atoms with Crippen molar-refractivity contribution >= 4 is 23.1 Å². The maximum atomic E-state index is 15.5. The molecular formula is C29H35F2N3O4. The van der Waals surface area contributed by atoms with Crippen molar-refractivity contribution in [2.45, 2.75) is 78.2 Å². The molecule has 1 fully saturated rings. The van der Waals surface area contributed by atoms with Gasteiger partial charge in [-0.3, -0.25) is 4.98 Å². The van der Waals surface area contributed by atoms with Gasteiger partial charge in [-0.05, 0) is 82.3 Å². The molecule has 3 heterocycles. The summed E-state index contributed by atoms with van der Waals surface area (Å²) >= 11 is 0. The molecule has 1 saturated heterocycles. The van der Waals surface area contributed by atoms with Gasteiger partial charge >= 0.3 is 12.2 Å². The van der Waals surface area contributed by atoms with Gasteiger partial charge in [0.05, 0.1) is 23.7 Å². The lowest BCUT2D eigenvalue weighted by Gasteiger charge is -2.39. The molecule has 0 radical (unpaired) electrons. The molecule has 0 saturated carbocycles. The monoisotopic (exact) mass is 527 g/mol. The number of piperidine rings is 1. The SMILES string of the molecule is Cc1cc(-c2c(C(C)C)c3cc(C4CCN(C(=O)OC(C)(C)C)CC4(F)F)ccc3n2C(=O)O)cc(C)n1. The summed E-state index contributed by atoms with van der Waals surface area (Å²) in [7, 11) is 0. The van der Waals surface area contributed by atoms with Gasteiger partial charge in [0.1, 0.15) is 5.60 Å². The van der Waals surface area contributed by atoms with E-state index in [1.807, 2.05) is 39.8 Å². The minimum atomic E-state index is -3.18.